The summed E-state index contributed by atoms with van der Waals surface area (Å²) in [6, 6.07) is 0.859. The van der Waals surface area contributed by atoms with E-state index in [-0.39, 0.29) is 0 Å². The topological polar surface area (TPSA) is 24.1 Å². The van der Waals surface area contributed by atoms with E-state index in [4.69, 9.17) is 0 Å². The number of hydrogen-bond donors (Lipinski definition) is 2. The van der Waals surface area contributed by atoms with E-state index < -0.39 is 0 Å². The van der Waals surface area contributed by atoms with Crippen LogP contribution in [0.3, 0.4) is 0 Å². The fourth-order valence-electron chi connectivity index (χ4n) is 2.39. The van der Waals surface area contributed by atoms with Crippen LogP contribution in [0.5, 0.6) is 0 Å². The Morgan fingerprint density at radius 3 is 2.69 bits per heavy atom. The smallest absolute Gasteiger partial charge is 0.00991 e. The molecule has 0 bridgehead atoms. The van der Waals surface area contributed by atoms with Crippen molar-refractivity contribution in [1.29, 1.82) is 0 Å². The van der Waals surface area contributed by atoms with Crippen molar-refractivity contribution in [3.8, 4) is 0 Å². The van der Waals surface area contributed by atoms with Gasteiger partial charge in [-0.1, -0.05) is 20.3 Å². The second-order valence-corrected chi connectivity index (χ2v) is 4.81. The molecule has 2 rings (SSSR count). The molecule has 1 aliphatic heterocycles. The van der Waals surface area contributed by atoms with E-state index in [0.717, 1.165) is 23.8 Å². The molecule has 0 spiro atoms. The maximum atomic E-state index is 3.69. The molecule has 2 heteroatoms. The highest BCUT2D eigenvalue weighted by atomic mass is 15.0. The molecule has 13 heavy (non-hydrogen) atoms. The van der Waals surface area contributed by atoms with Gasteiger partial charge in [-0.15, -0.1) is 0 Å². The molecule has 1 saturated carbocycles. The summed E-state index contributed by atoms with van der Waals surface area (Å²) in [7, 11) is 0. The van der Waals surface area contributed by atoms with Crippen LogP contribution in [-0.2, 0) is 0 Å². The lowest BCUT2D eigenvalue weighted by Crippen LogP contribution is -2.29. The van der Waals surface area contributed by atoms with E-state index in [1.807, 2.05) is 0 Å². The van der Waals surface area contributed by atoms with Gasteiger partial charge in [-0.25, -0.2) is 0 Å². The summed E-state index contributed by atoms with van der Waals surface area (Å²) in [4.78, 5) is 0. The maximum absolute atomic E-state index is 3.69. The Balaban J connectivity index is 1.63. The van der Waals surface area contributed by atoms with Gasteiger partial charge in [-0.2, -0.15) is 0 Å². The lowest BCUT2D eigenvalue weighted by atomic mass is 9.98. The average molecular weight is 182 g/mol. The second-order valence-electron chi connectivity index (χ2n) is 4.81. The van der Waals surface area contributed by atoms with E-state index in [1.165, 1.54) is 32.5 Å². The first-order valence-corrected chi connectivity index (χ1v) is 5.75. The van der Waals surface area contributed by atoms with Gasteiger partial charge < -0.3 is 10.6 Å². The van der Waals surface area contributed by atoms with Crippen LogP contribution in [0.4, 0.5) is 0 Å². The van der Waals surface area contributed by atoms with Crippen LogP contribution >= 0.6 is 0 Å². The van der Waals surface area contributed by atoms with E-state index in [1.54, 1.807) is 0 Å². The number of rotatable bonds is 4. The summed E-state index contributed by atoms with van der Waals surface area (Å²) in [5, 5.41) is 7.14. The van der Waals surface area contributed by atoms with Gasteiger partial charge in [0.1, 0.15) is 0 Å². The largest absolute Gasteiger partial charge is 0.316 e. The molecule has 2 aliphatic rings. The third-order valence-electron chi connectivity index (χ3n) is 3.77. The normalized spacial score (nSPS) is 43.8. The lowest BCUT2D eigenvalue weighted by molar-refractivity contribution is 0.414. The molecule has 2 N–H and O–H groups in total. The first-order valence-electron chi connectivity index (χ1n) is 5.75. The highest BCUT2D eigenvalue weighted by molar-refractivity contribution is 4.93. The SMILES string of the molecule is CCC1CC1NCC1CNCC1C. The van der Waals surface area contributed by atoms with Gasteiger partial charge in [0.05, 0.1) is 0 Å². The van der Waals surface area contributed by atoms with E-state index in [2.05, 4.69) is 24.5 Å². The highest BCUT2D eigenvalue weighted by Gasteiger charge is 2.35. The molecular formula is C11H22N2. The van der Waals surface area contributed by atoms with Gasteiger partial charge >= 0.3 is 0 Å². The van der Waals surface area contributed by atoms with Crippen LogP contribution in [0.25, 0.3) is 0 Å². The average Bonchev–Trinajstić information content (AvgIpc) is 2.79. The standard InChI is InChI=1S/C11H22N2/c1-3-9-4-11(9)13-7-10-6-12-5-8(10)2/h8-13H,3-7H2,1-2H3. The van der Waals surface area contributed by atoms with Gasteiger partial charge in [0.15, 0.2) is 0 Å². The minimum atomic E-state index is 0.859. The Hall–Kier alpha value is -0.0800. The first kappa shape index (κ1) is 9.47. The van der Waals surface area contributed by atoms with Crippen molar-refractivity contribution in [3.63, 3.8) is 0 Å². The zero-order valence-electron chi connectivity index (χ0n) is 8.84. The van der Waals surface area contributed by atoms with Gasteiger partial charge in [0.2, 0.25) is 0 Å². The highest BCUT2D eigenvalue weighted by Crippen LogP contribution is 2.33. The molecule has 1 aliphatic carbocycles. The fourth-order valence-corrected chi connectivity index (χ4v) is 2.39. The molecule has 0 aromatic heterocycles. The molecular weight excluding hydrogens is 160 g/mol. The molecule has 1 heterocycles. The zero-order chi connectivity index (χ0) is 9.26. The molecule has 2 nitrogen and oxygen atoms in total. The monoisotopic (exact) mass is 182 g/mol. The summed E-state index contributed by atoms with van der Waals surface area (Å²) in [6.45, 7) is 8.32. The minimum Gasteiger partial charge on any atom is -0.316 e. The predicted octanol–water partition coefficient (Wildman–Crippen LogP) is 1.23. The molecule has 4 atom stereocenters. The van der Waals surface area contributed by atoms with Crippen molar-refractivity contribution in [2.75, 3.05) is 19.6 Å². The Morgan fingerprint density at radius 1 is 1.31 bits per heavy atom. The van der Waals surface area contributed by atoms with Crippen LogP contribution in [0.1, 0.15) is 26.7 Å². The van der Waals surface area contributed by atoms with Gasteiger partial charge in [-0.05, 0) is 43.8 Å². The lowest BCUT2D eigenvalue weighted by Gasteiger charge is -2.14. The maximum Gasteiger partial charge on any atom is 0.00991 e. The molecule has 1 saturated heterocycles. The van der Waals surface area contributed by atoms with E-state index >= 15 is 0 Å². The summed E-state index contributed by atoms with van der Waals surface area (Å²) >= 11 is 0. The number of hydrogen-bond acceptors (Lipinski definition) is 2. The quantitative estimate of drug-likeness (QED) is 0.683. The molecule has 0 radical (unpaired) electrons. The van der Waals surface area contributed by atoms with Crippen molar-refractivity contribution in [3.05, 3.63) is 0 Å². The molecule has 76 valence electrons. The molecule has 4 unspecified atom stereocenters. The zero-order valence-corrected chi connectivity index (χ0v) is 8.84. The van der Waals surface area contributed by atoms with E-state index in [0.29, 0.717) is 0 Å². The number of nitrogens with one attached hydrogen (secondary N) is 2. The summed E-state index contributed by atoms with van der Waals surface area (Å²) in [5.41, 5.74) is 0. The van der Waals surface area contributed by atoms with Gasteiger partial charge in [0, 0.05) is 6.04 Å². The third-order valence-corrected chi connectivity index (χ3v) is 3.77. The predicted molar refractivity (Wildman–Crippen MR) is 55.7 cm³/mol. The van der Waals surface area contributed by atoms with Crippen LogP contribution in [0.2, 0.25) is 0 Å². The van der Waals surface area contributed by atoms with Crippen LogP contribution in [0.15, 0.2) is 0 Å². The fraction of sp³-hybridized carbons (Fsp3) is 1.00. The Kier molecular flexibility index (Phi) is 2.89. The van der Waals surface area contributed by atoms with Crippen molar-refractivity contribution in [2.24, 2.45) is 17.8 Å². The van der Waals surface area contributed by atoms with Crippen molar-refractivity contribution >= 4 is 0 Å². The molecule has 2 fully saturated rings. The molecule has 0 aromatic carbocycles. The van der Waals surface area contributed by atoms with Gasteiger partial charge in [-0.3, -0.25) is 0 Å². The van der Waals surface area contributed by atoms with Gasteiger partial charge in [0.25, 0.3) is 0 Å². The summed E-state index contributed by atoms with van der Waals surface area (Å²) in [5.74, 6) is 2.73. The molecule has 0 amide bonds. The third kappa shape index (κ3) is 2.23. The van der Waals surface area contributed by atoms with Crippen molar-refractivity contribution in [1.82, 2.24) is 10.6 Å². The van der Waals surface area contributed by atoms with Crippen molar-refractivity contribution < 1.29 is 0 Å². The summed E-state index contributed by atoms with van der Waals surface area (Å²) in [6.07, 6.45) is 2.78. The van der Waals surface area contributed by atoms with Crippen LogP contribution < -0.4 is 10.6 Å². The van der Waals surface area contributed by atoms with Crippen LogP contribution in [-0.4, -0.2) is 25.7 Å². The molecule has 0 aromatic rings. The van der Waals surface area contributed by atoms with Crippen molar-refractivity contribution in [2.45, 2.75) is 32.7 Å². The second kappa shape index (κ2) is 3.97. The van der Waals surface area contributed by atoms with E-state index in [9.17, 15) is 0 Å². The van der Waals surface area contributed by atoms with Crippen LogP contribution in [0, 0.1) is 17.8 Å². The first-order chi connectivity index (χ1) is 6.31. The minimum absolute atomic E-state index is 0.859. The Bertz CT molecular complexity index is 169. The Labute approximate surface area is 81.5 Å². The Morgan fingerprint density at radius 2 is 2.15 bits per heavy atom. The summed E-state index contributed by atoms with van der Waals surface area (Å²) < 4.78 is 0.